The average Bonchev–Trinajstić information content (AvgIpc) is 3.06. The standard InChI is InChI=1S/C14H25N3O/c1-4-13(9-7-8-10-13)12-16-11(17-18-12)14(15,5-2)6-3/h4-10,15H2,1-3H3. The Bertz CT molecular complexity index is 389. The highest BCUT2D eigenvalue weighted by Crippen LogP contribution is 2.43. The lowest BCUT2D eigenvalue weighted by atomic mass is 9.83. The molecule has 1 saturated carbocycles. The van der Waals surface area contributed by atoms with Gasteiger partial charge in [0.15, 0.2) is 5.82 Å². The molecular weight excluding hydrogens is 226 g/mol. The molecule has 0 unspecified atom stereocenters. The van der Waals surface area contributed by atoms with Gasteiger partial charge in [0.25, 0.3) is 0 Å². The normalized spacial score (nSPS) is 19.3. The van der Waals surface area contributed by atoms with Gasteiger partial charge in [0.2, 0.25) is 5.89 Å². The first kappa shape index (κ1) is 13.5. The zero-order valence-electron chi connectivity index (χ0n) is 11.8. The van der Waals surface area contributed by atoms with Crippen molar-refractivity contribution in [2.24, 2.45) is 5.73 Å². The predicted molar refractivity (Wildman–Crippen MR) is 71.2 cm³/mol. The fourth-order valence-electron chi connectivity index (χ4n) is 2.98. The van der Waals surface area contributed by atoms with E-state index in [9.17, 15) is 0 Å². The molecule has 1 aromatic rings. The molecule has 0 amide bonds. The summed E-state index contributed by atoms with van der Waals surface area (Å²) in [4.78, 5) is 4.65. The van der Waals surface area contributed by atoms with Gasteiger partial charge in [-0.1, -0.05) is 38.8 Å². The summed E-state index contributed by atoms with van der Waals surface area (Å²) in [5.74, 6) is 1.50. The molecule has 0 bridgehead atoms. The van der Waals surface area contributed by atoms with Gasteiger partial charge in [-0.2, -0.15) is 4.98 Å². The monoisotopic (exact) mass is 251 g/mol. The van der Waals surface area contributed by atoms with Crippen LogP contribution >= 0.6 is 0 Å². The highest BCUT2D eigenvalue weighted by molar-refractivity contribution is 5.11. The molecule has 1 aliphatic rings. The van der Waals surface area contributed by atoms with E-state index in [1.807, 2.05) is 0 Å². The third-order valence-corrected chi connectivity index (χ3v) is 4.82. The Morgan fingerprint density at radius 2 is 1.83 bits per heavy atom. The third kappa shape index (κ3) is 2.07. The van der Waals surface area contributed by atoms with Crippen molar-refractivity contribution < 1.29 is 4.52 Å². The van der Waals surface area contributed by atoms with E-state index in [-0.39, 0.29) is 5.41 Å². The van der Waals surface area contributed by atoms with Crippen molar-refractivity contribution in [3.8, 4) is 0 Å². The second kappa shape index (κ2) is 5.00. The molecule has 0 atom stereocenters. The van der Waals surface area contributed by atoms with Gasteiger partial charge in [0.05, 0.1) is 5.54 Å². The van der Waals surface area contributed by atoms with E-state index >= 15 is 0 Å². The van der Waals surface area contributed by atoms with Gasteiger partial charge < -0.3 is 10.3 Å². The smallest absolute Gasteiger partial charge is 0.232 e. The molecule has 18 heavy (non-hydrogen) atoms. The Kier molecular flexibility index (Phi) is 3.76. The molecule has 102 valence electrons. The van der Waals surface area contributed by atoms with Gasteiger partial charge in [-0.05, 0) is 32.1 Å². The van der Waals surface area contributed by atoms with Crippen LogP contribution in [0.2, 0.25) is 0 Å². The van der Waals surface area contributed by atoms with Crippen molar-refractivity contribution in [2.75, 3.05) is 0 Å². The zero-order valence-corrected chi connectivity index (χ0v) is 11.8. The van der Waals surface area contributed by atoms with Crippen LogP contribution < -0.4 is 5.73 Å². The van der Waals surface area contributed by atoms with Crippen molar-refractivity contribution in [3.63, 3.8) is 0 Å². The Morgan fingerprint density at radius 3 is 2.33 bits per heavy atom. The van der Waals surface area contributed by atoms with E-state index in [0.717, 1.165) is 25.2 Å². The van der Waals surface area contributed by atoms with Crippen LogP contribution in [0.3, 0.4) is 0 Å². The summed E-state index contributed by atoms with van der Waals surface area (Å²) in [5.41, 5.74) is 6.01. The van der Waals surface area contributed by atoms with Gasteiger partial charge in [0, 0.05) is 5.41 Å². The minimum Gasteiger partial charge on any atom is -0.339 e. The van der Waals surface area contributed by atoms with E-state index in [0.29, 0.717) is 5.82 Å². The molecular formula is C14H25N3O. The molecule has 0 radical (unpaired) electrons. The highest BCUT2D eigenvalue weighted by Gasteiger charge is 2.40. The quantitative estimate of drug-likeness (QED) is 0.872. The molecule has 1 aromatic heterocycles. The first-order chi connectivity index (χ1) is 8.60. The van der Waals surface area contributed by atoms with Crippen molar-refractivity contribution >= 4 is 0 Å². The van der Waals surface area contributed by atoms with Crippen LogP contribution in [0.5, 0.6) is 0 Å². The van der Waals surface area contributed by atoms with Crippen molar-refractivity contribution in [2.45, 2.75) is 76.7 Å². The molecule has 4 heteroatoms. The molecule has 1 fully saturated rings. The molecule has 0 spiro atoms. The maximum atomic E-state index is 6.33. The average molecular weight is 251 g/mol. The Morgan fingerprint density at radius 1 is 1.22 bits per heavy atom. The van der Waals surface area contributed by atoms with Gasteiger partial charge in [0.1, 0.15) is 0 Å². The van der Waals surface area contributed by atoms with E-state index in [1.54, 1.807) is 0 Å². The van der Waals surface area contributed by atoms with E-state index in [1.165, 1.54) is 25.7 Å². The number of nitrogens with zero attached hydrogens (tertiary/aromatic N) is 2. The third-order valence-electron chi connectivity index (χ3n) is 4.82. The molecule has 2 rings (SSSR count). The summed E-state index contributed by atoms with van der Waals surface area (Å²) in [6, 6.07) is 0. The highest BCUT2D eigenvalue weighted by atomic mass is 16.5. The molecule has 1 aliphatic carbocycles. The Hall–Kier alpha value is -0.900. The predicted octanol–water partition coefficient (Wildman–Crippen LogP) is 3.27. The van der Waals surface area contributed by atoms with Crippen LogP contribution in [-0.2, 0) is 11.0 Å². The Labute approximate surface area is 109 Å². The number of aromatic nitrogens is 2. The van der Waals surface area contributed by atoms with Crippen LogP contribution in [0.15, 0.2) is 4.52 Å². The molecule has 0 aromatic carbocycles. The maximum Gasteiger partial charge on any atom is 0.232 e. The fourth-order valence-corrected chi connectivity index (χ4v) is 2.98. The van der Waals surface area contributed by atoms with Crippen LogP contribution in [0.25, 0.3) is 0 Å². The maximum absolute atomic E-state index is 6.33. The molecule has 2 N–H and O–H groups in total. The lowest BCUT2D eigenvalue weighted by Crippen LogP contribution is -2.36. The molecule has 4 nitrogen and oxygen atoms in total. The lowest BCUT2D eigenvalue weighted by molar-refractivity contribution is 0.267. The van der Waals surface area contributed by atoms with E-state index < -0.39 is 5.54 Å². The van der Waals surface area contributed by atoms with Crippen LogP contribution in [-0.4, -0.2) is 10.1 Å². The van der Waals surface area contributed by atoms with Crippen molar-refractivity contribution in [1.29, 1.82) is 0 Å². The largest absolute Gasteiger partial charge is 0.339 e. The fraction of sp³-hybridized carbons (Fsp3) is 0.857. The second-order valence-electron chi connectivity index (χ2n) is 5.63. The topological polar surface area (TPSA) is 64.9 Å². The number of nitrogens with two attached hydrogens (primary N) is 1. The van der Waals surface area contributed by atoms with Gasteiger partial charge in [-0.25, -0.2) is 0 Å². The number of rotatable bonds is 5. The van der Waals surface area contributed by atoms with Crippen LogP contribution in [0, 0.1) is 0 Å². The SMILES string of the molecule is CCC(N)(CC)c1noc(C2(CC)CCCC2)n1. The summed E-state index contributed by atoms with van der Waals surface area (Å²) >= 11 is 0. The van der Waals surface area contributed by atoms with E-state index in [4.69, 9.17) is 10.3 Å². The molecule has 1 heterocycles. The summed E-state index contributed by atoms with van der Waals surface area (Å²) in [6.45, 7) is 6.36. The van der Waals surface area contributed by atoms with Crippen LogP contribution in [0.4, 0.5) is 0 Å². The minimum absolute atomic E-state index is 0.119. The van der Waals surface area contributed by atoms with Gasteiger partial charge in [-0.15, -0.1) is 0 Å². The van der Waals surface area contributed by atoms with Crippen molar-refractivity contribution in [1.82, 2.24) is 10.1 Å². The van der Waals surface area contributed by atoms with Crippen molar-refractivity contribution in [3.05, 3.63) is 11.7 Å². The lowest BCUT2D eigenvalue weighted by Gasteiger charge is -2.23. The Balaban J connectivity index is 2.30. The van der Waals surface area contributed by atoms with Crippen LogP contribution in [0.1, 0.15) is 77.4 Å². The summed E-state index contributed by atoms with van der Waals surface area (Å²) < 4.78 is 5.55. The van der Waals surface area contributed by atoms with E-state index in [2.05, 4.69) is 30.9 Å². The molecule has 0 saturated heterocycles. The van der Waals surface area contributed by atoms with Gasteiger partial charge >= 0.3 is 0 Å². The summed E-state index contributed by atoms with van der Waals surface area (Å²) in [6.07, 6.45) is 7.61. The minimum atomic E-state index is -0.435. The number of hydrogen-bond donors (Lipinski definition) is 1. The first-order valence-electron chi connectivity index (χ1n) is 7.24. The second-order valence-corrected chi connectivity index (χ2v) is 5.63. The summed E-state index contributed by atoms with van der Waals surface area (Å²) in [7, 11) is 0. The first-order valence-corrected chi connectivity index (χ1v) is 7.24. The number of hydrogen-bond acceptors (Lipinski definition) is 4. The summed E-state index contributed by atoms with van der Waals surface area (Å²) in [5, 5.41) is 4.16. The molecule has 0 aliphatic heterocycles. The van der Waals surface area contributed by atoms with Gasteiger partial charge in [-0.3, -0.25) is 0 Å². The zero-order chi connectivity index (χ0) is 13.2.